The van der Waals surface area contributed by atoms with Gasteiger partial charge >= 0.3 is 5.97 Å². The maximum Gasteiger partial charge on any atom is 0.325 e. The first-order chi connectivity index (χ1) is 9.79. The third kappa shape index (κ3) is 2.25. The lowest BCUT2D eigenvalue weighted by Gasteiger charge is -2.31. The van der Waals surface area contributed by atoms with E-state index < -0.39 is 0 Å². The van der Waals surface area contributed by atoms with Gasteiger partial charge in [-0.25, -0.2) is 0 Å². The van der Waals surface area contributed by atoms with E-state index in [4.69, 9.17) is 4.74 Å². The van der Waals surface area contributed by atoms with Gasteiger partial charge in [0.05, 0.1) is 18.0 Å². The first kappa shape index (κ1) is 12.7. The number of rotatable bonds is 3. The number of fused-ring (bicyclic) bond motifs is 3. The maximum absolute atomic E-state index is 11.7. The zero-order valence-electron chi connectivity index (χ0n) is 11.4. The van der Waals surface area contributed by atoms with Crippen LogP contribution in [0.5, 0.6) is 0 Å². The summed E-state index contributed by atoms with van der Waals surface area (Å²) in [4.78, 5) is 18.2. The highest BCUT2D eigenvalue weighted by atomic mass is 16.5. The number of hydrogen-bond acceptors (Lipinski definition) is 4. The number of benzene rings is 1. The minimum Gasteiger partial charge on any atom is -0.465 e. The van der Waals surface area contributed by atoms with E-state index in [0.717, 1.165) is 16.9 Å². The SMILES string of the molecule is CCOC(=O)CN1Cc2ccccc2-c2ncccc21. The van der Waals surface area contributed by atoms with Crippen LogP contribution in [0.1, 0.15) is 12.5 Å². The molecule has 0 N–H and O–H groups in total. The zero-order chi connectivity index (χ0) is 13.9. The molecule has 1 aromatic carbocycles. The molecule has 0 saturated heterocycles. The van der Waals surface area contributed by atoms with E-state index >= 15 is 0 Å². The normalized spacial score (nSPS) is 12.6. The van der Waals surface area contributed by atoms with E-state index in [1.807, 2.05) is 36.1 Å². The van der Waals surface area contributed by atoms with Gasteiger partial charge in [-0.3, -0.25) is 9.78 Å². The monoisotopic (exact) mass is 268 g/mol. The van der Waals surface area contributed by atoms with Gasteiger partial charge in [-0.2, -0.15) is 0 Å². The highest BCUT2D eigenvalue weighted by molar-refractivity contribution is 5.84. The molecule has 2 aromatic rings. The zero-order valence-corrected chi connectivity index (χ0v) is 11.4. The van der Waals surface area contributed by atoms with E-state index in [0.29, 0.717) is 13.2 Å². The Kier molecular flexibility index (Phi) is 3.37. The van der Waals surface area contributed by atoms with Crippen LogP contribution in [0.4, 0.5) is 5.69 Å². The van der Waals surface area contributed by atoms with Crippen LogP contribution in [0.3, 0.4) is 0 Å². The number of anilines is 1. The smallest absolute Gasteiger partial charge is 0.325 e. The van der Waals surface area contributed by atoms with Crippen molar-refractivity contribution in [3.8, 4) is 11.3 Å². The molecule has 0 spiro atoms. The lowest BCUT2D eigenvalue weighted by atomic mass is 9.98. The topological polar surface area (TPSA) is 42.4 Å². The molecule has 1 aliphatic rings. The molecule has 20 heavy (non-hydrogen) atoms. The molecule has 0 aliphatic carbocycles. The van der Waals surface area contributed by atoms with Crippen LogP contribution < -0.4 is 4.90 Å². The van der Waals surface area contributed by atoms with Crippen LogP contribution >= 0.6 is 0 Å². The number of carbonyl (C=O) groups excluding carboxylic acids is 1. The van der Waals surface area contributed by atoms with Crippen molar-refractivity contribution in [1.29, 1.82) is 0 Å². The van der Waals surface area contributed by atoms with Crippen LogP contribution in [0.2, 0.25) is 0 Å². The summed E-state index contributed by atoms with van der Waals surface area (Å²) in [5.74, 6) is -0.207. The second kappa shape index (κ2) is 5.33. The number of carbonyl (C=O) groups is 1. The molecule has 0 fully saturated rings. The van der Waals surface area contributed by atoms with Crippen LogP contribution in [0, 0.1) is 0 Å². The molecule has 0 bridgehead atoms. The van der Waals surface area contributed by atoms with E-state index in [1.165, 1.54) is 5.56 Å². The van der Waals surface area contributed by atoms with E-state index in [1.54, 1.807) is 6.20 Å². The van der Waals surface area contributed by atoms with Gasteiger partial charge in [-0.1, -0.05) is 24.3 Å². The molecule has 1 aliphatic heterocycles. The molecule has 2 heterocycles. The van der Waals surface area contributed by atoms with Crippen molar-refractivity contribution in [2.75, 3.05) is 18.1 Å². The second-order valence-electron chi connectivity index (χ2n) is 4.69. The number of pyridine rings is 1. The van der Waals surface area contributed by atoms with Crippen molar-refractivity contribution in [3.05, 3.63) is 48.2 Å². The first-order valence-electron chi connectivity index (χ1n) is 6.73. The van der Waals surface area contributed by atoms with Gasteiger partial charge in [-0.15, -0.1) is 0 Å². The quantitative estimate of drug-likeness (QED) is 0.803. The summed E-state index contributed by atoms with van der Waals surface area (Å²) >= 11 is 0. The Labute approximate surface area is 118 Å². The van der Waals surface area contributed by atoms with E-state index in [9.17, 15) is 4.79 Å². The first-order valence-corrected chi connectivity index (χ1v) is 6.73. The Balaban J connectivity index is 1.98. The van der Waals surface area contributed by atoms with Crippen molar-refractivity contribution >= 4 is 11.7 Å². The lowest BCUT2D eigenvalue weighted by molar-refractivity contribution is -0.141. The summed E-state index contributed by atoms with van der Waals surface area (Å²) in [7, 11) is 0. The summed E-state index contributed by atoms with van der Waals surface area (Å²) in [6.07, 6.45) is 1.78. The Hall–Kier alpha value is -2.36. The average molecular weight is 268 g/mol. The molecular weight excluding hydrogens is 252 g/mol. The van der Waals surface area contributed by atoms with Gasteiger partial charge < -0.3 is 9.64 Å². The van der Waals surface area contributed by atoms with Gasteiger partial charge in [0.2, 0.25) is 0 Å². The third-order valence-corrected chi connectivity index (χ3v) is 3.39. The fraction of sp³-hybridized carbons (Fsp3) is 0.250. The predicted molar refractivity (Wildman–Crippen MR) is 77.4 cm³/mol. The fourth-order valence-corrected chi connectivity index (χ4v) is 2.54. The average Bonchev–Trinajstić information content (AvgIpc) is 2.48. The van der Waals surface area contributed by atoms with Crippen molar-refractivity contribution in [2.24, 2.45) is 0 Å². The molecule has 0 radical (unpaired) electrons. The van der Waals surface area contributed by atoms with Crippen molar-refractivity contribution in [3.63, 3.8) is 0 Å². The van der Waals surface area contributed by atoms with Crippen LogP contribution in [-0.4, -0.2) is 24.1 Å². The van der Waals surface area contributed by atoms with Crippen molar-refractivity contribution < 1.29 is 9.53 Å². The minimum absolute atomic E-state index is 0.207. The van der Waals surface area contributed by atoms with E-state index in [2.05, 4.69) is 17.1 Å². The van der Waals surface area contributed by atoms with Crippen molar-refractivity contribution in [2.45, 2.75) is 13.5 Å². The van der Waals surface area contributed by atoms with Gasteiger partial charge in [-0.05, 0) is 24.6 Å². The Bertz CT molecular complexity index is 640. The molecule has 0 unspecified atom stereocenters. The molecule has 3 rings (SSSR count). The van der Waals surface area contributed by atoms with Crippen LogP contribution in [0.15, 0.2) is 42.6 Å². The number of aromatic nitrogens is 1. The van der Waals surface area contributed by atoms with Crippen LogP contribution in [0.25, 0.3) is 11.3 Å². The fourth-order valence-electron chi connectivity index (χ4n) is 2.54. The standard InChI is InChI=1S/C16H16N2O2/c1-2-20-15(19)11-18-10-12-6-3-4-7-13(12)16-14(18)8-5-9-17-16/h3-9H,2,10-11H2,1H3. The van der Waals surface area contributed by atoms with Gasteiger partial charge in [0.15, 0.2) is 0 Å². The number of nitrogens with zero attached hydrogens (tertiary/aromatic N) is 2. The summed E-state index contributed by atoms with van der Waals surface area (Å²) < 4.78 is 5.05. The van der Waals surface area contributed by atoms with Gasteiger partial charge in [0.25, 0.3) is 0 Å². The number of esters is 1. The Morgan fingerprint density at radius 2 is 2.15 bits per heavy atom. The van der Waals surface area contributed by atoms with Crippen molar-refractivity contribution in [1.82, 2.24) is 4.98 Å². The highest BCUT2D eigenvalue weighted by Gasteiger charge is 2.24. The molecule has 4 nitrogen and oxygen atoms in total. The van der Waals surface area contributed by atoms with Crippen LogP contribution in [-0.2, 0) is 16.1 Å². The lowest BCUT2D eigenvalue weighted by Crippen LogP contribution is -2.33. The van der Waals surface area contributed by atoms with Gasteiger partial charge in [0, 0.05) is 18.3 Å². The second-order valence-corrected chi connectivity index (χ2v) is 4.69. The largest absolute Gasteiger partial charge is 0.465 e. The summed E-state index contributed by atoms with van der Waals surface area (Å²) in [6.45, 7) is 3.18. The molecule has 0 amide bonds. The third-order valence-electron chi connectivity index (χ3n) is 3.39. The van der Waals surface area contributed by atoms with Gasteiger partial charge in [0.1, 0.15) is 6.54 Å². The minimum atomic E-state index is -0.207. The number of hydrogen-bond donors (Lipinski definition) is 0. The Morgan fingerprint density at radius 3 is 3.00 bits per heavy atom. The molecule has 102 valence electrons. The molecule has 4 heteroatoms. The molecule has 0 atom stereocenters. The molecule has 0 saturated carbocycles. The Morgan fingerprint density at radius 1 is 1.30 bits per heavy atom. The maximum atomic E-state index is 11.7. The summed E-state index contributed by atoms with van der Waals surface area (Å²) in [5.41, 5.74) is 4.24. The predicted octanol–water partition coefficient (Wildman–Crippen LogP) is 2.63. The van der Waals surface area contributed by atoms with E-state index in [-0.39, 0.29) is 12.5 Å². The molecule has 1 aromatic heterocycles. The highest BCUT2D eigenvalue weighted by Crippen LogP contribution is 2.36. The number of ether oxygens (including phenoxy) is 1. The summed E-state index contributed by atoms with van der Waals surface area (Å²) in [6, 6.07) is 12.1. The molecular formula is C16H16N2O2. The summed E-state index contributed by atoms with van der Waals surface area (Å²) in [5, 5.41) is 0.